The molecule has 3 aromatic rings. The molecule has 0 spiro atoms. The Kier molecular flexibility index (Phi) is 5.40. The van der Waals surface area contributed by atoms with Crippen LogP contribution in [0.15, 0.2) is 42.6 Å². The van der Waals surface area contributed by atoms with E-state index in [1.807, 2.05) is 6.07 Å². The molecule has 1 aliphatic heterocycles. The van der Waals surface area contributed by atoms with Gasteiger partial charge in [0.25, 0.3) is 5.91 Å². The van der Waals surface area contributed by atoms with Gasteiger partial charge in [-0.3, -0.25) is 9.20 Å². The van der Waals surface area contributed by atoms with Crippen molar-refractivity contribution in [2.45, 2.75) is 18.9 Å². The number of carbonyl (C=O) groups is 2. The lowest BCUT2D eigenvalue weighted by Crippen LogP contribution is -2.37. The van der Waals surface area contributed by atoms with Crippen molar-refractivity contribution in [3.63, 3.8) is 0 Å². The molecule has 0 aliphatic carbocycles. The van der Waals surface area contributed by atoms with Crippen molar-refractivity contribution in [1.82, 2.24) is 14.3 Å². The highest BCUT2D eigenvalue weighted by Crippen LogP contribution is 2.27. The molecule has 2 aromatic heterocycles. The highest BCUT2D eigenvalue weighted by atomic mass is 16.5. The summed E-state index contributed by atoms with van der Waals surface area (Å²) in [5, 5.41) is 19.8. The number of esters is 1. The van der Waals surface area contributed by atoms with E-state index in [4.69, 9.17) is 4.74 Å². The lowest BCUT2D eigenvalue weighted by Gasteiger charge is -2.13. The molecule has 1 amide bonds. The zero-order valence-corrected chi connectivity index (χ0v) is 17.6. The van der Waals surface area contributed by atoms with Crippen LogP contribution in [-0.2, 0) is 9.53 Å². The molecule has 0 saturated carbocycles. The maximum absolute atomic E-state index is 12.4. The third kappa shape index (κ3) is 3.68. The van der Waals surface area contributed by atoms with E-state index >= 15 is 0 Å². The molecular weight excluding hydrogens is 408 g/mol. The average molecular weight is 428 g/mol. The molecule has 8 nitrogen and oxygen atoms in total. The number of aromatic nitrogens is 2. The first kappa shape index (κ1) is 21.1. The lowest BCUT2D eigenvalue weighted by atomic mass is 10.0. The number of fused-ring (bicyclic) bond motifs is 1. The molecule has 4 rings (SSSR count). The summed E-state index contributed by atoms with van der Waals surface area (Å²) >= 11 is 0. The molecule has 3 heterocycles. The molecule has 1 atom stereocenters. The molecule has 1 aromatic carbocycles. The number of hydrogen-bond acceptors (Lipinski definition) is 6. The van der Waals surface area contributed by atoms with E-state index in [0.717, 1.165) is 0 Å². The van der Waals surface area contributed by atoms with Crippen molar-refractivity contribution >= 4 is 17.4 Å². The van der Waals surface area contributed by atoms with Gasteiger partial charge < -0.3 is 14.7 Å². The molecule has 1 N–H and O–H groups in total. The van der Waals surface area contributed by atoms with E-state index in [1.165, 1.54) is 4.90 Å². The van der Waals surface area contributed by atoms with Gasteiger partial charge >= 0.3 is 5.97 Å². The van der Waals surface area contributed by atoms with E-state index in [9.17, 15) is 20.0 Å². The molecule has 160 valence electrons. The molecule has 0 bridgehead atoms. The van der Waals surface area contributed by atoms with Gasteiger partial charge in [-0.25, -0.2) is 9.78 Å². The number of aliphatic hydroxyl groups is 1. The number of rotatable bonds is 3. The topological polar surface area (TPSA) is 108 Å². The van der Waals surface area contributed by atoms with Crippen LogP contribution in [0.5, 0.6) is 0 Å². The molecule has 0 unspecified atom stereocenters. The molecule has 1 saturated heterocycles. The van der Waals surface area contributed by atoms with Crippen LogP contribution in [0, 0.1) is 23.2 Å². The van der Waals surface area contributed by atoms with Gasteiger partial charge in [-0.2, -0.15) is 5.26 Å². The zero-order valence-electron chi connectivity index (χ0n) is 17.6. The highest BCUT2D eigenvalue weighted by Gasteiger charge is 2.42. The Bertz CT molecular complexity index is 1340. The van der Waals surface area contributed by atoms with Gasteiger partial charge in [-0.15, -0.1) is 0 Å². The standard InChI is InChI=1S/C24H20N4O4/c1-3-32-22(29)21-26-20(19-14-17(15-25)8-11-28(19)21)18-6-4-5-16(13-18)7-9-24(31)10-12-27(2)23(24)30/h4-6,8,11,13-14,31H,3,10,12H2,1-2H3/t24-/m0/s1. The second-order valence-electron chi connectivity index (χ2n) is 7.45. The second kappa shape index (κ2) is 8.18. The fourth-order valence-electron chi connectivity index (χ4n) is 3.60. The number of likely N-dealkylation sites (N-methyl/N-ethyl adjacent to an activating group) is 1. The Hall–Kier alpha value is -4.14. The molecule has 8 heteroatoms. The summed E-state index contributed by atoms with van der Waals surface area (Å²) < 4.78 is 6.70. The first-order valence-corrected chi connectivity index (χ1v) is 10.1. The monoisotopic (exact) mass is 428 g/mol. The molecule has 0 radical (unpaired) electrons. The summed E-state index contributed by atoms with van der Waals surface area (Å²) in [6.45, 7) is 2.37. The van der Waals surface area contributed by atoms with Crippen LogP contribution in [-0.4, -0.2) is 57.1 Å². The minimum atomic E-state index is -1.69. The van der Waals surface area contributed by atoms with E-state index in [2.05, 4.69) is 22.9 Å². The largest absolute Gasteiger partial charge is 0.460 e. The van der Waals surface area contributed by atoms with Crippen molar-refractivity contribution in [1.29, 1.82) is 5.26 Å². The van der Waals surface area contributed by atoms with Crippen molar-refractivity contribution in [2.75, 3.05) is 20.2 Å². The number of nitrogens with zero attached hydrogens (tertiary/aromatic N) is 4. The Morgan fingerprint density at radius 2 is 2.12 bits per heavy atom. The van der Waals surface area contributed by atoms with Crippen LogP contribution in [0.1, 0.15) is 35.1 Å². The lowest BCUT2D eigenvalue weighted by molar-refractivity contribution is -0.137. The summed E-state index contributed by atoms with van der Waals surface area (Å²) in [4.78, 5) is 30.5. The summed E-state index contributed by atoms with van der Waals surface area (Å²) in [6, 6.07) is 12.4. The Morgan fingerprint density at radius 3 is 2.81 bits per heavy atom. The number of imidazole rings is 1. The zero-order chi connectivity index (χ0) is 22.9. The molecule has 32 heavy (non-hydrogen) atoms. The predicted octanol–water partition coefficient (Wildman–Crippen LogP) is 1.99. The van der Waals surface area contributed by atoms with Gasteiger partial charge in [0, 0.05) is 37.3 Å². The number of benzene rings is 1. The summed E-state index contributed by atoms with van der Waals surface area (Å²) in [7, 11) is 1.63. The van der Waals surface area contributed by atoms with Crippen LogP contribution in [0.2, 0.25) is 0 Å². The maximum Gasteiger partial charge on any atom is 0.374 e. The third-order valence-electron chi connectivity index (χ3n) is 5.29. The fourth-order valence-corrected chi connectivity index (χ4v) is 3.60. The number of amides is 1. The predicted molar refractivity (Wildman–Crippen MR) is 115 cm³/mol. The number of likely N-dealkylation sites (tertiary alicyclic amines) is 1. The number of ether oxygens (including phenoxy) is 1. The number of pyridine rings is 1. The average Bonchev–Trinajstić information content (AvgIpc) is 3.31. The van der Waals surface area contributed by atoms with Crippen molar-refractivity contribution in [3.8, 4) is 29.2 Å². The van der Waals surface area contributed by atoms with Gasteiger partial charge in [0.2, 0.25) is 11.4 Å². The van der Waals surface area contributed by atoms with Gasteiger partial charge in [-0.1, -0.05) is 24.0 Å². The van der Waals surface area contributed by atoms with Crippen LogP contribution < -0.4 is 0 Å². The third-order valence-corrected chi connectivity index (χ3v) is 5.29. The molecule has 1 fully saturated rings. The van der Waals surface area contributed by atoms with Gasteiger partial charge in [0.05, 0.1) is 29.5 Å². The summed E-state index contributed by atoms with van der Waals surface area (Å²) in [5.74, 6) is 4.70. The van der Waals surface area contributed by atoms with Crippen molar-refractivity contribution < 1.29 is 19.4 Å². The smallest absolute Gasteiger partial charge is 0.374 e. The van der Waals surface area contributed by atoms with Crippen molar-refractivity contribution in [2.24, 2.45) is 0 Å². The second-order valence-corrected chi connectivity index (χ2v) is 7.45. The normalized spacial score (nSPS) is 17.7. The minimum Gasteiger partial charge on any atom is -0.460 e. The van der Waals surface area contributed by atoms with Crippen LogP contribution in [0.3, 0.4) is 0 Å². The van der Waals surface area contributed by atoms with Crippen LogP contribution in [0.4, 0.5) is 0 Å². The van der Waals surface area contributed by atoms with Crippen LogP contribution >= 0.6 is 0 Å². The van der Waals surface area contributed by atoms with Crippen molar-refractivity contribution in [3.05, 3.63) is 59.5 Å². The summed E-state index contributed by atoms with van der Waals surface area (Å²) in [6.07, 6.45) is 1.86. The highest BCUT2D eigenvalue weighted by molar-refractivity contribution is 5.92. The number of nitriles is 1. The SMILES string of the molecule is CCOC(=O)c1nc(-c2cccc(C#C[C@]3(O)CCN(C)C3=O)c2)c2cc(C#N)ccn12. The Morgan fingerprint density at radius 1 is 1.31 bits per heavy atom. The first-order valence-electron chi connectivity index (χ1n) is 10.1. The quantitative estimate of drug-likeness (QED) is 0.505. The summed E-state index contributed by atoms with van der Waals surface area (Å²) in [5.41, 5.74) is 1.05. The van der Waals surface area contributed by atoms with Gasteiger partial charge in [-0.05, 0) is 31.2 Å². The van der Waals surface area contributed by atoms with E-state index < -0.39 is 17.5 Å². The van der Waals surface area contributed by atoms with E-state index in [-0.39, 0.29) is 18.9 Å². The van der Waals surface area contributed by atoms with Gasteiger partial charge in [0.1, 0.15) is 0 Å². The first-order chi connectivity index (χ1) is 15.4. The fraction of sp³-hybridized carbons (Fsp3) is 0.250. The number of hydrogen-bond donors (Lipinski definition) is 1. The minimum absolute atomic E-state index is 0.103. The molecular formula is C24H20N4O4. The maximum atomic E-state index is 12.4. The van der Waals surface area contributed by atoms with Crippen LogP contribution in [0.25, 0.3) is 16.8 Å². The molecule has 1 aliphatic rings. The number of carbonyl (C=O) groups excluding carboxylic acids is 2. The van der Waals surface area contributed by atoms with E-state index in [0.29, 0.717) is 34.4 Å². The Labute approximate surface area is 184 Å². The van der Waals surface area contributed by atoms with Gasteiger partial charge in [0.15, 0.2) is 0 Å². The van der Waals surface area contributed by atoms with E-state index in [1.54, 1.807) is 54.9 Å². The Balaban J connectivity index is 1.79.